The predicted molar refractivity (Wildman–Crippen MR) is 238 cm³/mol. The molecule has 9 nitrogen and oxygen atoms in total. The molecule has 6 aromatic heterocycles. The Balaban J connectivity index is 0.00000236. The van der Waals surface area contributed by atoms with Crippen LogP contribution in [0.25, 0.3) is 83.0 Å². The Hall–Kier alpha value is -6.92. The zero-order chi connectivity index (χ0) is 40.6. The molecule has 0 aliphatic rings. The normalized spacial score (nSPS) is 11.4. The predicted octanol–water partition coefficient (Wildman–Crippen LogP) is 12.0. The molecule has 6 aromatic carbocycles. The van der Waals surface area contributed by atoms with Gasteiger partial charge < -0.3 is 23.2 Å². The van der Waals surface area contributed by atoms with Gasteiger partial charge in [0.15, 0.2) is 0 Å². The van der Waals surface area contributed by atoms with Crippen molar-refractivity contribution in [1.82, 2.24) is 33.6 Å². The summed E-state index contributed by atoms with van der Waals surface area (Å²) < 4.78 is 19.3. The van der Waals surface area contributed by atoms with E-state index in [0.29, 0.717) is 28.9 Å². The SMILES string of the molecule is Cc1ccnc(-n2c3[c-]c(Oc4[c-]c5c(cc4)c4ccc(Oc6[c-]c7c(cc6)c6ccccc6n7-c6cc(C)ccn6)[c-]c4n5-c4ncccn4)ccc3c3ccccc32)c1.[Pt+2].[Pt+2]. The fraction of sp³-hybridized carbons (Fsp3) is 0.0385. The van der Waals surface area contributed by atoms with Gasteiger partial charge in [-0.15, -0.1) is 59.3 Å². The number of fused-ring (bicyclic) bond motifs is 9. The van der Waals surface area contributed by atoms with Gasteiger partial charge in [0, 0.05) is 58.8 Å². The molecular weight excluding hydrogens is 1140 g/mol. The largest absolute Gasteiger partial charge is 2.00 e. The van der Waals surface area contributed by atoms with Crippen molar-refractivity contribution in [2.75, 3.05) is 0 Å². The van der Waals surface area contributed by atoms with Crippen molar-refractivity contribution in [2.24, 2.45) is 0 Å². The minimum absolute atomic E-state index is 0. The molecule has 0 amide bonds. The monoisotopic (exact) mass is 1180 g/mol. The molecule has 12 rings (SSSR count). The summed E-state index contributed by atoms with van der Waals surface area (Å²) in [5.74, 6) is 4.23. The Morgan fingerprint density at radius 2 is 0.762 bits per heavy atom. The van der Waals surface area contributed by atoms with E-state index in [2.05, 4.69) is 118 Å². The summed E-state index contributed by atoms with van der Waals surface area (Å²) in [6.45, 7) is 4.14. The van der Waals surface area contributed by atoms with Crippen LogP contribution in [0.15, 0.2) is 152 Å². The molecule has 12 aromatic rings. The zero-order valence-electron chi connectivity index (χ0n) is 33.5. The first-order valence-corrected chi connectivity index (χ1v) is 19.9. The molecule has 0 bridgehead atoms. The van der Waals surface area contributed by atoms with Gasteiger partial charge in [0.25, 0.3) is 0 Å². The van der Waals surface area contributed by atoms with Gasteiger partial charge in [0.2, 0.25) is 5.95 Å². The van der Waals surface area contributed by atoms with E-state index in [4.69, 9.17) is 19.4 Å². The zero-order valence-corrected chi connectivity index (χ0v) is 38.1. The maximum Gasteiger partial charge on any atom is 2.00 e. The third-order valence-electron chi connectivity index (χ3n) is 11.1. The van der Waals surface area contributed by atoms with Gasteiger partial charge in [-0.1, -0.05) is 58.5 Å². The van der Waals surface area contributed by atoms with Crippen molar-refractivity contribution in [2.45, 2.75) is 13.8 Å². The van der Waals surface area contributed by atoms with E-state index < -0.39 is 0 Å². The second-order valence-electron chi connectivity index (χ2n) is 15.0. The number of nitrogens with zero attached hydrogens (tertiary/aromatic N) is 7. The van der Waals surface area contributed by atoms with Crippen LogP contribution in [0.1, 0.15) is 11.1 Å². The van der Waals surface area contributed by atoms with Gasteiger partial charge in [0.05, 0.1) is 0 Å². The first kappa shape index (κ1) is 40.2. The van der Waals surface area contributed by atoms with Crippen LogP contribution >= 0.6 is 0 Å². The quantitative estimate of drug-likeness (QED) is 0.148. The molecule has 0 N–H and O–H groups in total. The van der Waals surface area contributed by atoms with Gasteiger partial charge in [-0.2, -0.15) is 35.0 Å². The molecule has 0 radical (unpaired) electrons. The van der Waals surface area contributed by atoms with Crippen molar-refractivity contribution in [1.29, 1.82) is 0 Å². The third kappa shape index (κ3) is 6.80. The minimum atomic E-state index is 0. The summed E-state index contributed by atoms with van der Waals surface area (Å²) in [7, 11) is 0. The minimum Gasteiger partial charge on any atom is -0.509 e. The average Bonchev–Trinajstić information content (AvgIpc) is 3.91. The van der Waals surface area contributed by atoms with E-state index in [9.17, 15) is 0 Å². The van der Waals surface area contributed by atoms with Crippen LogP contribution in [0.2, 0.25) is 0 Å². The topological polar surface area (TPSA) is 84.8 Å². The van der Waals surface area contributed by atoms with Gasteiger partial charge in [0.1, 0.15) is 11.6 Å². The number of rotatable bonds is 7. The maximum atomic E-state index is 6.56. The van der Waals surface area contributed by atoms with Crippen molar-refractivity contribution >= 4 is 65.4 Å². The molecule has 0 aliphatic carbocycles. The summed E-state index contributed by atoms with van der Waals surface area (Å²) in [5, 5.41) is 6.22. The Kier molecular flexibility index (Phi) is 10.3. The van der Waals surface area contributed by atoms with Crippen LogP contribution < -0.4 is 9.47 Å². The smallest absolute Gasteiger partial charge is 0.509 e. The standard InChI is InChI=1S/C52H31N7O2.2Pt/c1-32-20-24-53-50(26-32)57-44-10-5-3-8-38(44)40-16-12-34(28-46(40)57)60-36-14-18-42-43-19-15-37(31-49(43)59(48(42)30-36)52-55-22-7-23-56-52)61-35-13-17-41-39-9-4-6-11-45(39)58(47(41)29-35)51-27-33(2)21-25-54-51;;/h3-27H,1-2H3;;/q-4;2*+2. The van der Waals surface area contributed by atoms with Crippen LogP contribution in [0.5, 0.6) is 23.0 Å². The van der Waals surface area contributed by atoms with Crippen molar-refractivity contribution in [3.05, 3.63) is 188 Å². The fourth-order valence-electron chi connectivity index (χ4n) is 8.42. The van der Waals surface area contributed by atoms with Crippen molar-refractivity contribution in [3.8, 4) is 40.6 Å². The molecule has 0 spiro atoms. The molecule has 0 aliphatic heterocycles. The van der Waals surface area contributed by atoms with E-state index in [-0.39, 0.29) is 42.1 Å². The van der Waals surface area contributed by atoms with Gasteiger partial charge in [-0.05, 0) is 78.2 Å². The number of aromatic nitrogens is 7. The molecule has 63 heavy (non-hydrogen) atoms. The van der Waals surface area contributed by atoms with Crippen LogP contribution in [-0.2, 0) is 42.1 Å². The van der Waals surface area contributed by atoms with Crippen LogP contribution in [0.4, 0.5) is 0 Å². The van der Waals surface area contributed by atoms with E-state index >= 15 is 0 Å². The second-order valence-corrected chi connectivity index (χ2v) is 15.0. The molecule has 0 fully saturated rings. The first-order chi connectivity index (χ1) is 30.0. The van der Waals surface area contributed by atoms with Crippen molar-refractivity contribution in [3.63, 3.8) is 0 Å². The fourth-order valence-corrected chi connectivity index (χ4v) is 8.42. The molecule has 11 heteroatoms. The number of aryl methyl sites for hydroxylation is 2. The molecule has 0 saturated carbocycles. The van der Waals surface area contributed by atoms with Crippen LogP contribution in [0.3, 0.4) is 0 Å². The Bertz CT molecular complexity index is 3490. The second kappa shape index (κ2) is 16.1. The molecule has 6 heterocycles. The number of ether oxygens (including phenoxy) is 2. The van der Waals surface area contributed by atoms with Gasteiger partial charge >= 0.3 is 42.1 Å². The number of hydrogen-bond acceptors (Lipinski definition) is 6. The van der Waals surface area contributed by atoms with Gasteiger partial charge in [-0.3, -0.25) is 0 Å². The number of pyridine rings is 2. The van der Waals surface area contributed by atoms with E-state index in [1.807, 2.05) is 77.6 Å². The third-order valence-corrected chi connectivity index (χ3v) is 11.1. The van der Waals surface area contributed by atoms with E-state index in [1.165, 1.54) is 0 Å². The average molecular weight is 1180 g/mol. The first-order valence-electron chi connectivity index (χ1n) is 19.9. The Morgan fingerprint density at radius 3 is 1.17 bits per heavy atom. The summed E-state index contributed by atoms with van der Waals surface area (Å²) in [6.07, 6.45) is 7.11. The van der Waals surface area contributed by atoms with E-state index in [0.717, 1.165) is 88.2 Å². The number of benzene rings is 6. The van der Waals surface area contributed by atoms with Crippen molar-refractivity contribution < 1.29 is 51.6 Å². The van der Waals surface area contributed by atoms with E-state index in [1.54, 1.807) is 18.5 Å². The summed E-state index contributed by atoms with van der Waals surface area (Å²) >= 11 is 0. The maximum absolute atomic E-state index is 6.56. The Labute approximate surface area is 390 Å². The van der Waals surface area contributed by atoms with Crippen LogP contribution in [-0.4, -0.2) is 33.6 Å². The molecular formula is C52H31N7O2Pt2. The Morgan fingerprint density at radius 1 is 0.381 bits per heavy atom. The molecule has 306 valence electrons. The molecule has 0 unspecified atom stereocenters. The summed E-state index contributed by atoms with van der Waals surface area (Å²) in [5.41, 5.74) is 7.54. The van der Waals surface area contributed by atoms with Gasteiger partial charge in [-0.25, -0.2) is 19.9 Å². The summed E-state index contributed by atoms with van der Waals surface area (Å²) in [4.78, 5) is 18.7. The molecule has 0 atom stereocenters. The number of para-hydroxylation sites is 2. The van der Waals surface area contributed by atoms with Crippen LogP contribution in [0, 0.1) is 38.1 Å². The number of hydrogen-bond donors (Lipinski definition) is 0. The summed E-state index contributed by atoms with van der Waals surface area (Å²) in [6, 6.07) is 56.7. The molecule has 0 saturated heterocycles.